The number of nitro benzene ring substituents is 1. The number of rotatable bonds is 6. The van der Waals surface area contributed by atoms with E-state index in [1.807, 2.05) is 0 Å². The first kappa shape index (κ1) is 22.2. The van der Waals surface area contributed by atoms with Crippen molar-refractivity contribution >= 4 is 29.2 Å². The Balaban J connectivity index is 1.68. The molecule has 0 saturated carbocycles. The fourth-order valence-corrected chi connectivity index (χ4v) is 5.12. The van der Waals surface area contributed by atoms with Crippen molar-refractivity contribution in [2.45, 2.75) is 28.6 Å². The van der Waals surface area contributed by atoms with Crippen molar-refractivity contribution in [2.24, 2.45) is 0 Å². The molecule has 0 amide bonds. The van der Waals surface area contributed by atoms with Crippen molar-refractivity contribution < 1.29 is 22.8 Å². The molecule has 0 N–H and O–H groups in total. The van der Waals surface area contributed by atoms with Gasteiger partial charge in [-0.25, -0.2) is 4.98 Å². The summed E-state index contributed by atoms with van der Waals surface area (Å²) in [6.07, 6.45) is -4.18. The summed E-state index contributed by atoms with van der Waals surface area (Å²) >= 11 is 2.61. The number of benzene rings is 2. The van der Waals surface area contributed by atoms with Crippen LogP contribution in [0.25, 0.3) is 5.69 Å². The smallest absolute Gasteiger partial charge is 0.406 e. The number of ether oxygens (including phenoxy) is 1. The minimum absolute atomic E-state index is 0.0425. The van der Waals surface area contributed by atoms with Gasteiger partial charge in [-0.2, -0.15) is 0 Å². The number of nitrogens with zero attached hydrogens (tertiary/aromatic N) is 3. The summed E-state index contributed by atoms with van der Waals surface area (Å²) in [6, 6.07) is 11.1. The Kier molecular flexibility index (Phi) is 6.15. The summed E-state index contributed by atoms with van der Waals surface area (Å²) in [5.41, 5.74) is 1.35. The second kappa shape index (κ2) is 8.87. The Morgan fingerprint density at radius 1 is 1.22 bits per heavy atom. The van der Waals surface area contributed by atoms with Gasteiger partial charge in [0, 0.05) is 30.1 Å². The quantitative estimate of drug-likeness (QED) is 0.212. The molecular weight excluding hydrogens is 467 g/mol. The summed E-state index contributed by atoms with van der Waals surface area (Å²) in [5, 5.41) is 11.4. The van der Waals surface area contributed by atoms with Gasteiger partial charge in [-0.1, -0.05) is 23.9 Å². The summed E-state index contributed by atoms with van der Waals surface area (Å²) in [7, 11) is 0. The van der Waals surface area contributed by atoms with Gasteiger partial charge in [0.15, 0.2) is 5.16 Å². The third kappa shape index (κ3) is 4.91. The molecule has 7 nitrogen and oxygen atoms in total. The second-order valence-corrected chi connectivity index (χ2v) is 8.71. The summed E-state index contributed by atoms with van der Waals surface area (Å²) in [5.74, 6) is 0.633. The van der Waals surface area contributed by atoms with Gasteiger partial charge in [-0.3, -0.25) is 19.5 Å². The number of halogens is 3. The fraction of sp³-hybridized carbons (Fsp3) is 0.200. The van der Waals surface area contributed by atoms with Gasteiger partial charge in [-0.05, 0) is 29.8 Å². The second-order valence-electron chi connectivity index (χ2n) is 6.67. The molecule has 166 valence electrons. The zero-order valence-electron chi connectivity index (χ0n) is 16.2. The molecule has 0 spiro atoms. The number of aromatic nitrogens is 2. The van der Waals surface area contributed by atoms with Gasteiger partial charge in [0.25, 0.3) is 11.2 Å². The summed E-state index contributed by atoms with van der Waals surface area (Å²) < 4.78 is 42.6. The lowest BCUT2D eigenvalue weighted by molar-refractivity contribution is -0.384. The molecule has 2 heterocycles. The van der Waals surface area contributed by atoms with E-state index in [-0.39, 0.29) is 11.2 Å². The van der Waals surface area contributed by atoms with E-state index in [2.05, 4.69) is 9.72 Å². The van der Waals surface area contributed by atoms with Crippen LogP contribution in [0.2, 0.25) is 0 Å². The van der Waals surface area contributed by atoms with Crippen molar-refractivity contribution in [2.75, 3.05) is 5.75 Å². The lowest BCUT2D eigenvalue weighted by Gasteiger charge is -2.15. The first-order valence-corrected chi connectivity index (χ1v) is 11.2. The van der Waals surface area contributed by atoms with Gasteiger partial charge >= 0.3 is 6.36 Å². The third-order valence-corrected chi connectivity index (χ3v) is 6.60. The maximum Gasteiger partial charge on any atom is 0.573 e. The van der Waals surface area contributed by atoms with Gasteiger partial charge < -0.3 is 4.74 Å². The number of non-ortho nitro benzene ring substituents is 1. The molecule has 32 heavy (non-hydrogen) atoms. The monoisotopic (exact) mass is 481 g/mol. The maximum absolute atomic E-state index is 13.1. The van der Waals surface area contributed by atoms with E-state index in [1.165, 1.54) is 52.4 Å². The van der Waals surface area contributed by atoms with Crippen LogP contribution in [0.15, 0.2) is 63.4 Å². The van der Waals surface area contributed by atoms with Crippen molar-refractivity contribution in [3.63, 3.8) is 0 Å². The van der Waals surface area contributed by atoms with Crippen LogP contribution in [0.3, 0.4) is 0 Å². The molecule has 12 heteroatoms. The van der Waals surface area contributed by atoms with Gasteiger partial charge in [0.05, 0.1) is 21.2 Å². The minimum Gasteiger partial charge on any atom is -0.406 e. The van der Waals surface area contributed by atoms with Crippen LogP contribution in [0, 0.1) is 10.1 Å². The third-order valence-electron chi connectivity index (χ3n) is 4.48. The molecule has 2 aromatic carbocycles. The summed E-state index contributed by atoms with van der Waals surface area (Å²) in [6.45, 7) is 0. The number of fused-ring (bicyclic) bond motifs is 1. The van der Waals surface area contributed by atoms with Crippen molar-refractivity contribution in [3.8, 4) is 11.4 Å². The fourth-order valence-electron chi connectivity index (χ4n) is 3.12. The van der Waals surface area contributed by atoms with Crippen molar-refractivity contribution in [1.82, 2.24) is 9.55 Å². The average molecular weight is 481 g/mol. The number of alkyl halides is 3. The Bertz CT molecular complexity index is 1230. The van der Waals surface area contributed by atoms with E-state index in [1.54, 1.807) is 12.1 Å². The molecule has 0 radical (unpaired) electrons. The standard InChI is InChI=1S/C20H14F3N3O4S2/c21-20(22,23)30-15-6-4-13(5-7-15)25-18(27)17-16(8-9-31-17)24-19(25)32-11-12-2-1-3-14(10-12)26(28)29/h1-7,10H,8-9,11H2. The SMILES string of the molecule is O=c1c2c(nc(SCc3cccc([N+](=O)[O-])c3)n1-c1ccc(OC(F)(F)F)cc1)CCS2. The van der Waals surface area contributed by atoms with Crippen LogP contribution in [0.1, 0.15) is 11.3 Å². The van der Waals surface area contributed by atoms with E-state index in [4.69, 9.17) is 0 Å². The molecule has 0 bridgehead atoms. The highest BCUT2D eigenvalue weighted by atomic mass is 32.2. The highest BCUT2D eigenvalue weighted by molar-refractivity contribution is 7.99. The Morgan fingerprint density at radius 2 is 1.97 bits per heavy atom. The van der Waals surface area contributed by atoms with E-state index in [0.29, 0.717) is 39.2 Å². The van der Waals surface area contributed by atoms with Crippen LogP contribution in [-0.2, 0) is 12.2 Å². The van der Waals surface area contributed by atoms with Crippen LogP contribution >= 0.6 is 23.5 Å². The number of thioether (sulfide) groups is 2. The van der Waals surface area contributed by atoms with E-state index < -0.39 is 17.0 Å². The zero-order chi connectivity index (χ0) is 22.9. The maximum atomic E-state index is 13.1. The Morgan fingerprint density at radius 3 is 2.66 bits per heavy atom. The van der Waals surface area contributed by atoms with Crippen molar-refractivity contribution in [3.05, 3.63) is 80.3 Å². The van der Waals surface area contributed by atoms with Crippen LogP contribution in [0.4, 0.5) is 18.9 Å². The topological polar surface area (TPSA) is 87.3 Å². The zero-order valence-corrected chi connectivity index (χ0v) is 17.8. The minimum atomic E-state index is -4.82. The lowest BCUT2D eigenvalue weighted by Crippen LogP contribution is -2.24. The van der Waals surface area contributed by atoms with Crippen LogP contribution in [0.5, 0.6) is 5.75 Å². The average Bonchev–Trinajstić information content (AvgIpc) is 3.21. The Hall–Kier alpha value is -2.99. The van der Waals surface area contributed by atoms with Crippen LogP contribution < -0.4 is 10.3 Å². The van der Waals surface area contributed by atoms with Crippen LogP contribution in [-0.4, -0.2) is 26.6 Å². The van der Waals surface area contributed by atoms with Crippen molar-refractivity contribution in [1.29, 1.82) is 0 Å². The predicted octanol–water partition coefficient (Wildman–Crippen LogP) is 4.98. The number of hydrogen-bond donors (Lipinski definition) is 0. The molecule has 0 fully saturated rings. The molecule has 0 aliphatic carbocycles. The highest BCUT2D eigenvalue weighted by Gasteiger charge is 2.31. The van der Waals surface area contributed by atoms with E-state index in [0.717, 1.165) is 17.9 Å². The predicted molar refractivity (Wildman–Crippen MR) is 114 cm³/mol. The molecule has 0 atom stereocenters. The van der Waals surface area contributed by atoms with Gasteiger partial charge in [0.2, 0.25) is 0 Å². The van der Waals surface area contributed by atoms with Gasteiger partial charge in [0.1, 0.15) is 5.75 Å². The number of aryl methyl sites for hydroxylation is 1. The summed E-state index contributed by atoms with van der Waals surface area (Å²) in [4.78, 5) is 28.8. The Labute approximate surface area is 187 Å². The molecule has 4 rings (SSSR count). The normalized spacial score (nSPS) is 13.1. The molecule has 0 unspecified atom stereocenters. The molecular formula is C20H14F3N3O4S2. The lowest BCUT2D eigenvalue weighted by atomic mass is 10.2. The molecule has 3 aromatic rings. The molecule has 0 saturated heterocycles. The highest BCUT2D eigenvalue weighted by Crippen LogP contribution is 2.32. The number of hydrogen-bond acceptors (Lipinski definition) is 7. The van der Waals surface area contributed by atoms with E-state index in [9.17, 15) is 28.1 Å². The largest absolute Gasteiger partial charge is 0.573 e. The first-order valence-electron chi connectivity index (χ1n) is 9.22. The van der Waals surface area contributed by atoms with Gasteiger partial charge in [-0.15, -0.1) is 24.9 Å². The van der Waals surface area contributed by atoms with E-state index >= 15 is 0 Å². The number of nitro groups is 1. The molecule has 1 aliphatic rings. The first-order chi connectivity index (χ1) is 15.2. The molecule has 1 aliphatic heterocycles. The molecule has 1 aromatic heterocycles.